The van der Waals surface area contributed by atoms with Crippen LogP contribution in [0.3, 0.4) is 0 Å². The van der Waals surface area contributed by atoms with Crippen molar-refractivity contribution in [1.82, 2.24) is 10.6 Å². The molecule has 0 unspecified atom stereocenters. The number of hydrogen-bond donors (Lipinski definition) is 3. The number of Topliss-reactive ketones (excluding diaryl/α,β-unsaturated/α-hetero) is 1. The smallest absolute Gasteiger partial charge is 0.303 e. The highest BCUT2D eigenvalue weighted by Gasteiger charge is 2.58. The summed E-state index contributed by atoms with van der Waals surface area (Å²) < 4.78 is 23.5. The molecule has 3 aliphatic heterocycles. The maximum absolute atomic E-state index is 12.6. The number of aliphatic hydroxyl groups is 1. The van der Waals surface area contributed by atoms with E-state index in [0.717, 1.165) is 12.0 Å². The lowest BCUT2D eigenvalue weighted by molar-refractivity contribution is -0.144. The molecular weight excluding hydrogens is 695 g/mol. The van der Waals surface area contributed by atoms with Crippen LogP contribution in [0.1, 0.15) is 73.1 Å². The molecule has 3 saturated heterocycles. The Balaban J connectivity index is 1.47. The molecule has 0 bridgehead atoms. The highest BCUT2D eigenvalue weighted by atomic mass is 127. The molecule has 252 valence electrons. The summed E-state index contributed by atoms with van der Waals surface area (Å²) in [7, 11) is 0. The van der Waals surface area contributed by atoms with Crippen LogP contribution in [-0.4, -0.2) is 94.5 Å². The maximum Gasteiger partial charge on any atom is 0.303 e. The molecule has 0 aromatic heterocycles. The topological polar surface area (TPSA) is 153 Å². The Morgan fingerprint density at radius 2 is 1.89 bits per heavy atom. The molecule has 45 heavy (non-hydrogen) atoms. The molecule has 0 radical (unpaired) electrons. The average molecular weight is 745 g/mol. The number of ketones is 1. The SMILES string of the molecule is CC(=O)O[C@@H](C)/C=C\C(=O)N[C@@H]1C[C@H](C)[C@H](C/C=C(C)/C=C/[C@H]2O[C@H](CC(=O)CCCNC(=O)CI)C[C@@]3(CO3)[C@@H]2O)O[C@@H]1C. The van der Waals surface area contributed by atoms with Crippen LogP contribution in [0.5, 0.6) is 0 Å². The lowest BCUT2D eigenvalue weighted by Crippen LogP contribution is -2.50. The molecule has 3 aliphatic rings. The summed E-state index contributed by atoms with van der Waals surface area (Å²) in [6.07, 6.45) is 9.51. The third-order valence-corrected chi connectivity index (χ3v) is 9.15. The Morgan fingerprint density at radius 1 is 1.16 bits per heavy atom. The van der Waals surface area contributed by atoms with Gasteiger partial charge in [0, 0.05) is 38.8 Å². The summed E-state index contributed by atoms with van der Waals surface area (Å²) in [5.74, 6) is -0.418. The largest absolute Gasteiger partial charge is 0.459 e. The number of ether oxygens (including phenoxy) is 4. The van der Waals surface area contributed by atoms with E-state index in [0.29, 0.717) is 43.3 Å². The van der Waals surface area contributed by atoms with Gasteiger partial charge in [0.1, 0.15) is 29.7 Å². The second kappa shape index (κ2) is 17.7. The van der Waals surface area contributed by atoms with Crippen LogP contribution >= 0.6 is 22.6 Å². The summed E-state index contributed by atoms with van der Waals surface area (Å²) in [6.45, 7) is 9.98. The number of amides is 2. The first-order valence-electron chi connectivity index (χ1n) is 15.8. The molecule has 3 N–H and O–H groups in total. The Labute approximate surface area is 280 Å². The van der Waals surface area contributed by atoms with Gasteiger partial charge in [-0.2, -0.15) is 0 Å². The fourth-order valence-corrected chi connectivity index (χ4v) is 6.07. The van der Waals surface area contributed by atoms with Gasteiger partial charge >= 0.3 is 5.97 Å². The minimum Gasteiger partial charge on any atom is -0.459 e. The third-order valence-electron chi connectivity index (χ3n) is 8.45. The number of halogens is 1. The molecule has 3 heterocycles. The van der Waals surface area contributed by atoms with E-state index in [1.54, 1.807) is 13.0 Å². The number of aliphatic hydroxyl groups excluding tert-OH is 1. The van der Waals surface area contributed by atoms with Crippen molar-refractivity contribution in [2.24, 2.45) is 5.92 Å². The second-order valence-corrected chi connectivity index (χ2v) is 13.2. The Morgan fingerprint density at radius 3 is 2.56 bits per heavy atom. The van der Waals surface area contributed by atoms with E-state index in [-0.39, 0.29) is 54.3 Å². The van der Waals surface area contributed by atoms with Crippen molar-refractivity contribution in [3.8, 4) is 0 Å². The van der Waals surface area contributed by atoms with Crippen LogP contribution in [0.25, 0.3) is 0 Å². The van der Waals surface area contributed by atoms with Gasteiger partial charge in [0.15, 0.2) is 0 Å². The molecular formula is C33H49IN2O9. The Bertz CT molecular complexity index is 1140. The van der Waals surface area contributed by atoms with Crippen LogP contribution in [-0.2, 0) is 38.1 Å². The summed E-state index contributed by atoms with van der Waals surface area (Å²) in [5, 5.41) is 16.7. The van der Waals surface area contributed by atoms with Gasteiger partial charge in [0.2, 0.25) is 11.8 Å². The summed E-state index contributed by atoms with van der Waals surface area (Å²) >= 11 is 2.00. The first kappa shape index (κ1) is 37.3. The Hall–Kier alpha value is -2.13. The lowest BCUT2D eigenvalue weighted by Gasteiger charge is -2.39. The molecule has 1 spiro atoms. The van der Waals surface area contributed by atoms with E-state index >= 15 is 0 Å². The van der Waals surface area contributed by atoms with Crippen LogP contribution in [0, 0.1) is 5.92 Å². The van der Waals surface area contributed by atoms with Crippen molar-refractivity contribution in [3.05, 3.63) is 36.0 Å². The van der Waals surface area contributed by atoms with Crippen molar-refractivity contribution >= 4 is 46.2 Å². The average Bonchev–Trinajstić information content (AvgIpc) is 3.75. The van der Waals surface area contributed by atoms with E-state index in [1.165, 1.54) is 13.0 Å². The number of alkyl halides is 1. The van der Waals surface area contributed by atoms with Crippen molar-refractivity contribution < 1.29 is 43.2 Å². The molecule has 11 nitrogen and oxygen atoms in total. The molecule has 3 rings (SSSR count). The zero-order chi connectivity index (χ0) is 33.1. The fraction of sp³-hybridized carbons (Fsp3) is 0.697. The number of esters is 1. The predicted octanol–water partition coefficient (Wildman–Crippen LogP) is 3.26. The van der Waals surface area contributed by atoms with E-state index in [9.17, 15) is 24.3 Å². The molecule has 0 aromatic rings. The highest BCUT2D eigenvalue weighted by molar-refractivity contribution is 14.1. The van der Waals surface area contributed by atoms with Gasteiger partial charge in [0.25, 0.3) is 0 Å². The highest BCUT2D eigenvalue weighted by Crippen LogP contribution is 2.43. The minimum atomic E-state index is -0.814. The summed E-state index contributed by atoms with van der Waals surface area (Å²) in [4.78, 5) is 47.4. The van der Waals surface area contributed by atoms with Gasteiger partial charge in [0.05, 0.1) is 35.4 Å². The molecule has 9 atom stereocenters. The van der Waals surface area contributed by atoms with Gasteiger partial charge in [-0.15, -0.1) is 0 Å². The van der Waals surface area contributed by atoms with Gasteiger partial charge in [-0.05, 0) is 52.0 Å². The Kier molecular flexibility index (Phi) is 14.7. The lowest BCUT2D eigenvalue weighted by atomic mass is 9.86. The first-order valence-corrected chi connectivity index (χ1v) is 17.3. The molecule has 0 saturated carbocycles. The van der Waals surface area contributed by atoms with Gasteiger partial charge < -0.3 is 34.7 Å². The van der Waals surface area contributed by atoms with Crippen LogP contribution < -0.4 is 10.6 Å². The van der Waals surface area contributed by atoms with E-state index < -0.39 is 29.9 Å². The van der Waals surface area contributed by atoms with Crippen molar-refractivity contribution in [1.29, 1.82) is 0 Å². The number of carbonyl (C=O) groups is 4. The number of allylic oxidation sites excluding steroid dienone is 2. The number of carbonyl (C=O) groups excluding carboxylic acids is 4. The second-order valence-electron chi connectivity index (χ2n) is 12.5. The van der Waals surface area contributed by atoms with Crippen molar-refractivity contribution in [2.75, 3.05) is 17.6 Å². The minimum absolute atomic E-state index is 0.0130. The fourth-order valence-electron chi connectivity index (χ4n) is 5.80. The van der Waals surface area contributed by atoms with Crippen LogP contribution in [0.15, 0.2) is 36.0 Å². The molecule has 0 aliphatic carbocycles. The molecule has 0 aromatic carbocycles. The third kappa shape index (κ3) is 12.2. The van der Waals surface area contributed by atoms with Crippen molar-refractivity contribution in [2.45, 2.75) is 121 Å². The van der Waals surface area contributed by atoms with E-state index in [2.05, 4.69) is 23.6 Å². The number of epoxide rings is 1. The first-order chi connectivity index (χ1) is 21.3. The van der Waals surface area contributed by atoms with E-state index in [1.807, 2.05) is 48.6 Å². The van der Waals surface area contributed by atoms with Crippen LogP contribution in [0.4, 0.5) is 0 Å². The molecule has 3 fully saturated rings. The summed E-state index contributed by atoms with van der Waals surface area (Å²) in [5.41, 5.74) is 0.336. The van der Waals surface area contributed by atoms with Gasteiger partial charge in [-0.1, -0.05) is 53.3 Å². The van der Waals surface area contributed by atoms with Gasteiger partial charge in [-0.25, -0.2) is 0 Å². The summed E-state index contributed by atoms with van der Waals surface area (Å²) in [6, 6.07) is -0.134. The number of rotatable bonds is 15. The molecule has 2 amide bonds. The maximum atomic E-state index is 12.6. The van der Waals surface area contributed by atoms with E-state index in [4.69, 9.17) is 18.9 Å². The van der Waals surface area contributed by atoms with Crippen molar-refractivity contribution in [3.63, 3.8) is 0 Å². The number of hydrogen-bond acceptors (Lipinski definition) is 9. The zero-order valence-corrected chi connectivity index (χ0v) is 29.1. The predicted molar refractivity (Wildman–Crippen MR) is 177 cm³/mol. The normalized spacial score (nSPS) is 32.4. The molecule has 12 heteroatoms. The standard InChI is InChI=1S/C33H49IN2O9/c1-20(8-11-28-21(2)15-27(23(4)44-28)36-30(39)13-10-22(3)43-24(5)37)9-12-29-32(41)33(19-42-33)17-26(45-29)16-25(38)7-6-14-35-31(40)18-34/h8-10,12-13,21-23,26-29,32,41H,6-7,11,14-19H2,1-5H3,(H,35,40)(H,36,39)/b12-9+,13-10-,20-8+/t21-,22-,23+,26+,27+,28-,29+,32+,33+/m0/s1. The quantitative estimate of drug-likeness (QED) is 0.0437. The zero-order valence-electron chi connectivity index (χ0n) is 27.0. The monoisotopic (exact) mass is 744 g/mol. The number of nitrogens with one attached hydrogen (secondary N) is 2. The van der Waals surface area contributed by atoms with Gasteiger partial charge in [-0.3, -0.25) is 19.2 Å². The van der Waals surface area contributed by atoms with Crippen LogP contribution in [0.2, 0.25) is 0 Å².